The predicted molar refractivity (Wildman–Crippen MR) is 65.7 cm³/mol. The highest BCUT2D eigenvalue weighted by atomic mass is 35.5. The van der Waals surface area contributed by atoms with Crippen molar-refractivity contribution in [3.63, 3.8) is 0 Å². The Kier molecular flexibility index (Phi) is 3.86. The number of rotatable bonds is 3. The summed E-state index contributed by atoms with van der Waals surface area (Å²) in [5.74, 6) is -0.806. The van der Waals surface area contributed by atoms with Crippen molar-refractivity contribution >= 4 is 23.3 Å². The molecule has 0 aliphatic carbocycles. The van der Waals surface area contributed by atoms with E-state index < -0.39 is 5.97 Å². The van der Waals surface area contributed by atoms with E-state index in [-0.39, 0.29) is 12.5 Å². The van der Waals surface area contributed by atoms with Gasteiger partial charge >= 0.3 is 5.97 Å². The molecule has 92 valence electrons. The lowest BCUT2D eigenvalue weighted by atomic mass is 10.1. The van der Waals surface area contributed by atoms with E-state index in [0.29, 0.717) is 24.8 Å². The molecule has 0 radical (unpaired) electrons. The minimum Gasteiger partial charge on any atom is -0.481 e. The maximum absolute atomic E-state index is 10.8. The van der Waals surface area contributed by atoms with E-state index in [1.165, 1.54) is 0 Å². The van der Waals surface area contributed by atoms with Crippen molar-refractivity contribution in [3.8, 4) is 0 Å². The molecular weight excluding hydrogens is 242 g/mol. The Labute approximate surface area is 105 Å². The van der Waals surface area contributed by atoms with Crippen molar-refractivity contribution in [2.24, 2.45) is 0 Å². The van der Waals surface area contributed by atoms with Gasteiger partial charge in [0.2, 0.25) is 0 Å². The number of carboxylic acids is 1. The lowest BCUT2D eigenvalue weighted by Crippen LogP contribution is -2.46. The monoisotopic (exact) mass is 255 g/mol. The average molecular weight is 256 g/mol. The lowest BCUT2D eigenvalue weighted by molar-refractivity contribution is -0.138. The van der Waals surface area contributed by atoms with Crippen LogP contribution in [0.15, 0.2) is 24.3 Å². The first-order valence-corrected chi connectivity index (χ1v) is 5.86. The number of halogens is 1. The largest absolute Gasteiger partial charge is 0.481 e. The van der Waals surface area contributed by atoms with E-state index in [4.69, 9.17) is 21.4 Å². The fourth-order valence-electron chi connectivity index (χ4n) is 2.00. The third-order valence-corrected chi connectivity index (χ3v) is 3.05. The number of hydrogen-bond donors (Lipinski definition) is 1. The zero-order chi connectivity index (χ0) is 12.3. The van der Waals surface area contributed by atoms with Crippen molar-refractivity contribution in [1.29, 1.82) is 0 Å². The molecule has 1 N–H and O–H groups in total. The number of carboxylic acid groups (broad SMARTS) is 1. The molecule has 2 rings (SSSR count). The van der Waals surface area contributed by atoms with E-state index in [1.54, 1.807) is 0 Å². The van der Waals surface area contributed by atoms with Gasteiger partial charge in [0.15, 0.2) is 0 Å². The maximum atomic E-state index is 10.8. The van der Waals surface area contributed by atoms with Crippen LogP contribution in [0.2, 0.25) is 5.02 Å². The molecule has 1 atom stereocenters. The van der Waals surface area contributed by atoms with Crippen LogP contribution < -0.4 is 4.90 Å². The predicted octanol–water partition coefficient (Wildman–Crippen LogP) is 2.02. The normalized spacial score (nSPS) is 20.3. The quantitative estimate of drug-likeness (QED) is 0.898. The first kappa shape index (κ1) is 12.2. The van der Waals surface area contributed by atoms with Gasteiger partial charge < -0.3 is 14.7 Å². The van der Waals surface area contributed by atoms with Gasteiger partial charge in [0, 0.05) is 17.3 Å². The van der Waals surface area contributed by atoms with Crippen molar-refractivity contribution in [2.45, 2.75) is 12.5 Å². The topological polar surface area (TPSA) is 49.8 Å². The average Bonchev–Trinajstić information content (AvgIpc) is 2.30. The summed E-state index contributed by atoms with van der Waals surface area (Å²) in [5, 5.41) is 9.55. The SMILES string of the molecule is O=C(O)CC1COCCN1c1ccc(Cl)cc1. The van der Waals surface area contributed by atoms with Crippen LogP contribution in [0.4, 0.5) is 5.69 Å². The number of benzene rings is 1. The molecule has 1 saturated heterocycles. The van der Waals surface area contributed by atoms with Crippen molar-refractivity contribution in [2.75, 3.05) is 24.7 Å². The molecule has 0 amide bonds. The molecule has 1 aromatic carbocycles. The summed E-state index contributed by atoms with van der Waals surface area (Å²) in [6, 6.07) is 7.32. The first-order chi connectivity index (χ1) is 8.16. The Morgan fingerprint density at radius 1 is 1.47 bits per heavy atom. The molecule has 1 unspecified atom stereocenters. The van der Waals surface area contributed by atoms with E-state index in [1.807, 2.05) is 24.3 Å². The second-order valence-electron chi connectivity index (χ2n) is 4.00. The van der Waals surface area contributed by atoms with Crippen LogP contribution in [0.5, 0.6) is 0 Å². The minimum absolute atomic E-state index is 0.0859. The summed E-state index contributed by atoms with van der Waals surface area (Å²) in [6.45, 7) is 1.78. The van der Waals surface area contributed by atoms with Gasteiger partial charge in [0.25, 0.3) is 0 Å². The van der Waals surface area contributed by atoms with Crippen molar-refractivity contribution in [3.05, 3.63) is 29.3 Å². The molecule has 0 bridgehead atoms. The number of ether oxygens (including phenoxy) is 1. The number of carbonyl (C=O) groups is 1. The van der Waals surface area contributed by atoms with E-state index in [9.17, 15) is 4.79 Å². The Bertz CT molecular complexity index is 393. The number of nitrogens with zero attached hydrogens (tertiary/aromatic N) is 1. The highest BCUT2D eigenvalue weighted by Crippen LogP contribution is 2.23. The van der Waals surface area contributed by atoms with Gasteiger partial charge in [0.1, 0.15) is 0 Å². The molecule has 1 heterocycles. The van der Waals surface area contributed by atoms with Gasteiger partial charge in [-0.1, -0.05) is 11.6 Å². The van der Waals surface area contributed by atoms with Crippen LogP contribution in [-0.4, -0.2) is 36.9 Å². The second kappa shape index (κ2) is 5.38. The fraction of sp³-hybridized carbons (Fsp3) is 0.417. The molecular formula is C12H14ClNO3. The molecule has 1 fully saturated rings. The van der Waals surface area contributed by atoms with E-state index in [0.717, 1.165) is 5.69 Å². The number of morpholine rings is 1. The molecule has 0 aromatic heterocycles. The van der Waals surface area contributed by atoms with Crippen molar-refractivity contribution < 1.29 is 14.6 Å². The Morgan fingerprint density at radius 3 is 2.82 bits per heavy atom. The Morgan fingerprint density at radius 2 is 2.18 bits per heavy atom. The zero-order valence-electron chi connectivity index (χ0n) is 9.30. The fourth-order valence-corrected chi connectivity index (χ4v) is 2.12. The summed E-state index contributed by atoms with van der Waals surface area (Å²) in [7, 11) is 0. The summed E-state index contributed by atoms with van der Waals surface area (Å²) in [4.78, 5) is 12.9. The molecule has 4 nitrogen and oxygen atoms in total. The smallest absolute Gasteiger partial charge is 0.305 e. The number of aliphatic carboxylic acids is 1. The molecule has 0 saturated carbocycles. The Hall–Kier alpha value is -1.26. The highest BCUT2D eigenvalue weighted by molar-refractivity contribution is 6.30. The maximum Gasteiger partial charge on any atom is 0.305 e. The first-order valence-electron chi connectivity index (χ1n) is 5.48. The molecule has 1 aromatic rings. The summed E-state index contributed by atoms with van der Waals surface area (Å²) in [6.07, 6.45) is 0.0859. The summed E-state index contributed by atoms with van der Waals surface area (Å²) in [5.41, 5.74) is 0.990. The van der Waals surface area contributed by atoms with Gasteiger partial charge in [-0.25, -0.2) is 0 Å². The number of anilines is 1. The standard InChI is InChI=1S/C12H14ClNO3/c13-9-1-3-10(4-2-9)14-5-6-17-8-11(14)7-12(15)16/h1-4,11H,5-8H2,(H,15,16). The third-order valence-electron chi connectivity index (χ3n) is 2.80. The van der Waals surface area contributed by atoms with Crippen LogP contribution in [0.3, 0.4) is 0 Å². The molecule has 17 heavy (non-hydrogen) atoms. The molecule has 1 aliphatic heterocycles. The third kappa shape index (κ3) is 3.11. The lowest BCUT2D eigenvalue weighted by Gasteiger charge is -2.36. The van der Waals surface area contributed by atoms with Gasteiger partial charge in [0.05, 0.1) is 25.7 Å². The Balaban J connectivity index is 2.15. The van der Waals surface area contributed by atoms with Crippen molar-refractivity contribution in [1.82, 2.24) is 0 Å². The molecule has 5 heteroatoms. The highest BCUT2D eigenvalue weighted by Gasteiger charge is 2.25. The van der Waals surface area contributed by atoms with Crippen LogP contribution in [0, 0.1) is 0 Å². The van der Waals surface area contributed by atoms with Crippen LogP contribution in [0.25, 0.3) is 0 Å². The number of hydrogen-bond acceptors (Lipinski definition) is 3. The second-order valence-corrected chi connectivity index (χ2v) is 4.43. The van der Waals surface area contributed by atoms with Crippen LogP contribution in [0.1, 0.15) is 6.42 Å². The zero-order valence-corrected chi connectivity index (χ0v) is 10.1. The van der Waals surface area contributed by atoms with Gasteiger partial charge in [-0.15, -0.1) is 0 Å². The van der Waals surface area contributed by atoms with E-state index in [2.05, 4.69) is 4.90 Å². The van der Waals surface area contributed by atoms with Gasteiger partial charge in [-0.2, -0.15) is 0 Å². The van der Waals surface area contributed by atoms with Crippen LogP contribution >= 0.6 is 11.6 Å². The summed E-state index contributed by atoms with van der Waals surface area (Å²) < 4.78 is 5.33. The van der Waals surface area contributed by atoms with Gasteiger partial charge in [-0.3, -0.25) is 4.79 Å². The molecule has 0 spiro atoms. The van der Waals surface area contributed by atoms with Crippen LogP contribution in [-0.2, 0) is 9.53 Å². The van der Waals surface area contributed by atoms with E-state index >= 15 is 0 Å². The van der Waals surface area contributed by atoms with Gasteiger partial charge in [-0.05, 0) is 24.3 Å². The summed E-state index contributed by atoms with van der Waals surface area (Å²) >= 11 is 5.83. The minimum atomic E-state index is -0.806. The molecule has 1 aliphatic rings.